The first-order chi connectivity index (χ1) is 15.4. The van der Waals surface area contributed by atoms with Gasteiger partial charge in [-0.2, -0.15) is 0 Å². The van der Waals surface area contributed by atoms with Crippen molar-refractivity contribution in [2.24, 2.45) is 12.5 Å². The lowest BCUT2D eigenvalue weighted by atomic mass is 9.86. The number of carboxylic acid groups (broad SMARTS) is 3. The summed E-state index contributed by atoms with van der Waals surface area (Å²) in [5.74, 6) is -3.11. The summed E-state index contributed by atoms with van der Waals surface area (Å²) in [5.41, 5.74) is 0.203. The number of carboxylic acids is 3. The molecule has 1 aromatic rings. The van der Waals surface area contributed by atoms with Gasteiger partial charge in [-0.3, -0.25) is 28.9 Å². The molecule has 0 aliphatic heterocycles. The Morgan fingerprint density at radius 3 is 2.09 bits per heavy atom. The summed E-state index contributed by atoms with van der Waals surface area (Å²) < 4.78 is 1.67. The number of hydrogen-bond donors (Lipinski definition) is 3. The van der Waals surface area contributed by atoms with Crippen molar-refractivity contribution in [1.82, 2.24) is 24.8 Å². The third-order valence-electron chi connectivity index (χ3n) is 8.49. The summed E-state index contributed by atoms with van der Waals surface area (Å²) in [5, 5.41) is 37.0. The maximum absolute atomic E-state index is 12.0. The Kier molecular flexibility index (Phi) is 5.76. The Hall–Kier alpha value is -2.53. The molecule has 33 heavy (non-hydrogen) atoms. The van der Waals surface area contributed by atoms with E-state index in [0.29, 0.717) is 12.8 Å². The molecule has 5 unspecified atom stereocenters. The van der Waals surface area contributed by atoms with Gasteiger partial charge in [0.1, 0.15) is 0 Å². The quantitative estimate of drug-likeness (QED) is 0.455. The van der Waals surface area contributed by atoms with Crippen LogP contribution in [-0.2, 0) is 26.8 Å². The van der Waals surface area contributed by atoms with Gasteiger partial charge in [-0.15, -0.1) is 5.10 Å². The van der Waals surface area contributed by atoms with Gasteiger partial charge in [-0.05, 0) is 32.6 Å². The first-order valence-electron chi connectivity index (χ1n) is 11.5. The normalized spacial score (nSPS) is 35.2. The van der Waals surface area contributed by atoms with Crippen LogP contribution in [0.1, 0.15) is 58.1 Å². The fraction of sp³-hybridized carbons (Fsp3) is 0.773. The molecule has 0 aromatic carbocycles. The molecule has 3 N–H and O–H groups in total. The van der Waals surface area contributed by atoms with Gasteiger partial charge < -0.3 is 15.3 Å². The van der Waals surface area contributed by atoms with Gasteiger partial charge in [0.25, 0.3) is 0 Å². The highest BCUT2D eigenvalue weighted by Gasteiger charge is 2.86. The molecule has 11 nitrogen and oxygen atoms in total. The zero-order valence-electron chi connectivity index (χ0n) is 19.4. The topological polar surface area (TPSA) is 149 Å². The van der Waals surface area contributed by atoms with E-state index in [-0.39, 0.29) is 42.5 Å². The highest BCUT2D eigenvalue weighted by atomic mass is 16.4. The molecular weight excluding hydrogens is 430 g/mol. The Balaban J connectivity index is 1.64. The van der Waals surface area contributed by atoms with E-state index in [9.17, 15) is 29.7 Å². The molecule has 0 amide bonds. The maximum atomic E-state index is 12.0. The molecule has 1 aromatic heterocycles. The predicted molar refractivity (Wildman–Crippen MR) is 116 cm³/mol. The van der Waals surface area contributed by atoms with Crippen molar-refractivity contribution < 1.29 is 29.7 Å². The average Bonchev–Trinajstić information content (AvgIpc) is 3.43. The number of nitrogens with zero attached hydrogens (tertiary/aromatic N) is 5. The van der Waals surface area contributed by atoms with Crippen LogP contribution in [0.15, 0.2) is 6.20 Å². The Bertz CT molecular complexity index is 951. The molecule has 11 heteroatoms. The van der Waals surface area contributed by atoms with Crippen LogP contribution >= 0.6 is 0 Å². The average molecular weight is 464 g/mol. The first kappa shape index (κ1) is 23.6. The van der Waals surface area contributed by atoms with E-state index in [1.54, 1.807) is 4.68 Å². The molecular formula is C22H33N5O6. The second kappa shape index (κ2) is 8.05. The zero-order valence-corrected chi connectivity index (χ0v) is 19.4. The molecule has 0 radical (unpaired) electrons. The monoisotopic (exact) mass is 463 g/mol. The van der Waals surface area contributed by atoms with Crippen LogP contribution in [-0.4, -0.2) is 95.3 Å². The highest BCUT2D eigenvalue weighted by molar-refractivity contribution is 5.73. The molecule has 182 valence electrons. The summed E-state index contributed by atoms with van der Waals surface area (Å²) in [6.07, 6.45) is 6.73. The van der Waals surface area contributed by atoms with Gasteiger partial charge in [0, 0.05) is 41.7 Å². The van der Waals surface area contributed by atoms with Crippen LogP contribution < -0.4 is 0 Å². The molecule has 1 spiro atoms. The Labute approximate surface area is 192 Å². The summed E-state index contributed by atoms with van der Waals surface area (Å²) in [6, 6.07) is -0.564. The van der Waals surface area contributed by atoms with Gasteiger partial charge in [-0.1, -0.05) is 25.0 Å². The van der Waals surface area contributed by atoms with E-state index < -0.39 is 23.4 Å². The van der Waals surface area contributed by atoms with Crippen molar-refractivity contribution >= 4 is 17.9 Å². The number of aryl methyl sites for hydroxylation is 1. The van der Waals surface area contributed by atoms with E-state index in [1.165, 1.54) is 4.90 Å². The fourth-order valence-corrected chi connectivity index (χ4v) is 6.78. The van der Waals surface area contributed by atoms with Gasteiger partial charge in [0.15, 0.2) is 0 Å². The molecule has 3 fully saturated rings. The molecule has 5 atom stereocenters. The van der Waals surface area contributed by atoms with Crippen molar-refractivity contribution in [1.29, 1.82) is 0 Å². The number of hydrogen-bond acceptors (Lipinski definition) is 7. The summed E-state index contributed by atoms with van der Waals surface area (Å²) in [7, 11) is 1.82. The molecule has 3 aliphatic rings. The van der Waals surface area contributed by atoms with E-state index in [2.05, 4.69) is 24.2 Å². The predicted octanol–water partition coefficient (Wildman–Crippen LogP) is 0.794. The van der Waals surface area contributed by atoms with Gasteiger partial charge in [0.2, 0.25) is 0 Å². The third kappa shape index (κ3) is 3.90. The van der Waals surface area contributed by atoms with Crippen LogP contribution in [0.25, 0.3) is 0 Å². The Morgan fingerprint density at radius 1 is 1.00 bits per heavy atom. The lowest BCUT2D eigenvalue weighted by Crippen LogP contribution is -2.59. The number of rotatable bonds is 10. The van der Waals surface area contributed by atoms with E-state index in [1.807, 2.05) is 18.1 Å². The smallest absolute Gasteiger partial charge is 0.317 e. The standard InChI is InChI=1S/C22H33N5O6/c1-20(16-8-25(3)24-23-16)12-22(20)13-21(22,2)27(11-19(32)33)15-7-5-4-6-14(15)26(9-17(28)29)10-18(30)31/h8,14-15H,4-7,9-13H2,1-3H3,(H,28,29)(H,30,31)(H,32,33). The molecule has 1 heterocycles. The van der Waals surface area contributed by atoms with Gasteiger partial charge in [-0.25, -0.2) is 0 Å². The van der Waals surface area contributed by atoms with Crippen molar-refractivity contribution in [3.8, 4) is 0 Å². The SMILES string of the molecule is Cn1cc(C2(C)CC23CC3(C)N(CC(=O)O)C2CCCCC2N(CC(=O)O)CC(=O)O)nn1. The number of carbonyl (C=O) groups is 3. The molecule has 3 saturated carbocycles. The fourth-order valence-electron chi connectivity index (χ4n) is 6.78. The van der Waals surface area contributed by atoms with Crippen molar-refractivity contribution in [2.75, 3.05) is 19.6 Å². The Morgan fingerprint density at radius 2 is 1.58 bits per heavy atom. The van der Waals surface area contributed by atoms with E-state index in [0.717, 1.165) is 31.4 Å². The lowest BCUT2D eigenvalue weighted by Gasteiger charge is -2.47. The summed E-state index contributed by atoms with van der Waals surface area (Å²) in [6.45, 7) is 3.33. The molecule has 0 saturated heterocycles. The minimum atomic E-state index is -1.09. The lowest BCUT2D eigenvalue weighted by molar-refractivity contribution is -0.147. The molecule has 3 aliphatic carbocycles. The van der Waals surface area contributed by atoms with Crippen LogP contribution in [0, 0.1) is 5.41 Å². The largest absolute Gasteiger partial charge is 0.480 e. The summed E-state index contributed by atoms with van der Waals surface area (Å²) in [4.78, 5) is 38.5. The first-order valence-corrected chi connectivity index (χ1v) is 11.5. The minimum Gasteiger partial charge on any atom is -0.480 e. The van der Waals surface area contributed by atoms with Gasteiger partial charge in [0.05, 0.1) is 25.3 Å². The van der Waals surface area contributed by atoms with Crippen LogP contribution in [0.4, 0.5) is 0 Å². The van der Waals surface area contributed by atoms with Crippen molar-refractivity contribution in [3.05, 3.63) is 11.9 Å². The van der Waals surface area contributed by atoms with Crippen LogP contribution in [0.5, 0.6) is 0 Å². The second-order valence-corrected chi connectivity index (χ2v) is 10.5. The highest BCUT2D eigenvalue weighted by Crippen LogP contribution is 2.84. The molecule has 0 bridgehead atoms. The number of aromatic nitrogens is 3. The number of aliphatic carboxylic acids is 3. The maximum Gasteiger partial charge on any atom is 0.317 e. The van der Waals surface area contributed by atoms with E-state index in [4.69, 9.17) is 0 Å². The minimum absolute atomic E-state index is 0.113. The summed E-state index contributed by atoms with van der Waals surface area (Å²) >= 11 is 0. The van der Waals surface area contributed by atoms with Crippen LogP contribution in [0.3, 0.4) is 0 Å². The van der Waals surface area contributed by atoms with E-state index >= 15 is 0 Å². The van der Waals surface area contributed by atoms with Crippen molar-refractivity contribution in [2.45, 2.75) is 75.4 Å². The van der Waals surface area contributed by atoms with Crippen LogP contribution in [0.2, 0.25) is 0 Å². The second-order valence-electron chi connectivity index (χ2n) is 10.5. The third-order valence-corrected chi connectivity index (χ3v) is 8.49. The van der Waals surface area contributed by atoms with Crippen molar-refractivity contribution in [3.63, 3.8) is 0 Å². The zero-order chi connectivity index (χ0) is 24.2. The molecule has 4 rings (SSSR count). The van der Waals surface area contributed by atoms with Gasteiger partial charge >= 0.3 is 17.9 Å².